The molecule has 4 rings (SSSR count). The third-order valence-corrected chi connectivity index (χ3v) is 5.20. The van der Waals surface area contributed by atoms with Crippen LogP contribution >= 0.6 is 0 Å². The van der Waals surface area contributed by atoms with Gasteiger partial charge in [-0.05, 0) is 56.2 Å². The van der Waals surface area contributed by atoms with E-state index in [9.17, 15) is 0 Å². The molecule has 0 spiro atoms. The molecule has 0 unspecified atom stereocenters. The molecule has 1 saturated carbocycles. The Kier molecular flexibility index (Phi) is 4.46. The Morgan fingerprint density at radius 1 is 1.29 bits per heavy atom. The van der Waals surface area contributed by atoms with Crippen molar-refractivity contribution in [3.8, 4) is 0 Å². The number of likely N-dealkylation sites (tertiary alicyclic amines) is 1. The van der Waals surface area contributed by atoms with E-state index in [1.54, 1.807) is 0 Å². The van der Waals surface area contributed by atoms with Gasteiger partial charge in [-0.3, -0.25) is 9.58 Å². The first-order valence-electron chi connectivity index (χ1n) is 9.06. The Bertz CT molecular complexity index is 674. The van der Waals surface area contributed by atoms with E-state index in [1.165, 1.54) is 18.4 Å². The summed E-state index contributed by atoms with van der Waals surface area (Å²) in [4.78, 5) is 2.52. The number of ether oxygens (including phenoxy) is 1. The standard InChI is InChI=1S/C19H27N3O2/c1-14-3-6-17(24-14)12-22-8-7-19(23-13-15-4-5-15)18(22)9-16-10-20-21(2)11-16/h3,6,10-11,15,18-19H,4-5,7-9,12-13H2,1-2H3/t18-,19-/m1/s1. The van der Waals surface area contributed by atoms with Crippen molar-refractivity contribution in [3.05, 3.63) is 41.6 Å². The van der Waals surface area contributed by atoms with Gasteiger partial charge in [0.05, 0.1) is 18.8 Å². The molecular formula is C19H27N3O2. The summed E-state index contributed by atoms with van der Waals surface area (Å²) >= 11 is 0. The second-order valence-electron chi connectivity index (χ2n) is 7.38. The van der Waals surface area contributed by atoms with Crippen molar-refractivity contribution >= 4 is 0 Å². The van der Waals surface area contributed by atoms with Crippen LogP contribution in [0.15, 0.2) is 28.9 Å². The number of rotatable bonds is 7. The highest BCUT2D eigenvalue weighted by Gasteiger charge is 2.36. The topological polar surface area (TPSA) is 43.4 Å². The first kappa shape index (κ1) is 15.9. The van der Waals surface area contributed by atoms with E-state index in [0.717, 1.165) is 50.0 Å². The van der Waals surface area contributed by atoms with Crippen LogP contribution in [0.2, 0.25) is 0 Å². The monoisotopic (exact) mass is 329 g/mol. The molecule has 0 radical (unpaired) electrons. The van der Waals surface area contributed by atoms with Gasteiger partial charge in [-0.2, -0.15) is 5.10 Å². The molecular weight excluding hydrogens is 302 g/mol. The van der Waals surface area contributed by atoms with Gasteiger partial charge in [0, 0.05) is 32.4 Å². The second-order valence-corrected chi connectivity index (χ2v) is 7.38. The highest BCUT2D eigenvalue weighted by atomic mass is 16.5. The Labute approximate surface area is 143 Å². The first-order valence-corrected chi connectivity index (χ1v) is 9.06. The van der Waals surface area contributed by atoms with E-state index in [4.69, 9.17) is 9.15 Å². The maximum absolute atomic E-state index is 6.29. The van der Waals surface area contributed by atoms with Crippen LogP contribution in [0.4, 0.5) is 0 Å². The third kappa shape index (κ3) is 3.73. The zero-order valence-corrected chi connectivity index (χ0v) is 14.6. The fourth-order valence-electron chi connectivity index (χ4n) is 3.67. The van der Waals surface area contributed by atoms with Crippen molar-refractivity contribution in [1.82, 2.24) is 14.7 Å². The lowest BCUT2D eigenvalue weighted by Crippen LogP contribution is -2.38. The molecule has 0 aromatic carbocycles. The summed E-state index contributed by atoms with van der Waals surface area (Å²) in [6, 6.07) is 4.54. The molecule has 2 fully saturated rings. The van der Waals surface area contributed by atoms with Gasteiger partial charge in [0.2, 0.25) is 0 Å². The molecule has 5 nitrogen and oxygen atoms in total. The van der Waals surface area contributed by atoms with Crippen LogP contribution in [0.5, 0.6) is 0 Å². The molecule has 2 aliphatic rings. The Balaban J connectivity index is 1.45. The summed E-state index contributed by atoms with van der Waals surface area (Å²) in [5, 5.41) is 4.32. The summed E-state index contributed by atoms with van der Waals surface area (Å²) < 4.78 is 14.0. The van der Waals surface area contributed by atoms with Gasteiger partial charge in [0.15, 0.2) is 0 Å². The largest absolute Gasteiger partial charge is 0.465 e. The SMILES string of the molecule is Cc1ccc(CN2CC[C@@H](OCC3CC3)[C@H]2Cc2cnn(C)c2)o1. The minimum absolute atomic E-state index is 0.321. The van der Waals surface area contributed by atoms with Crippen molar-refractivity contribution in [1.29, 1.82) is 0 Å². The lowest BCUT2D eigenvalue weighted by atomic mass is 10.0. The molecule has 130 valence electrons. The van der Waals surface area contributed by atoms with Crippen molar-refractivity contribution in [3.63, 3.8) is 0 Å². The highest BCUT2D eigenvalue weighted by molar-refractivity contribution is 5.10. The van der Waals surface area contributed by atoms with E-state index in [0.29, 0.717) is 12.1 Å². The van der Waals surface area contributed by atoms with Crippen LogP contribution in [-0.4, -0.2) is 40.0 Å². The van der Waals surface area contributed by atoms with Gasteiger partial charge >= 0.3 is 0 Å². The molecule has 3 heterocycles. The van der Waals surface area contributed by atoms with Gasteiger partial charge in [-0.1, -0.05) is 0 Å². The van der Waals surface area contributed by atoms with E-state index < -0.39 is 0 Å². The average molecular weight is 329 g/mol. The summed E-state index contributed by atoms with van der Waals surface area (Å²) in [6.07, 6.45) is 9.20. The fourth-order valence-corrected chi connectivity index (χ4v) is 3.67. The molecule has 2 aromatic heterocycles. The van der Waals surface area contributed by atoms with Crippen LogP contribution in [0.3, 0.4) is 0 Å². The molecule has 5 heteroatoms. The van der Waals surface area contributed by atoms with E-state index in [-0.39, 0.29) is 0 Å². The van der Waals surface area contributed by atoms with Crippen LogP contribution in [0, 0.1) is 12.8 Å². The predicted octanol–water partition coefficient (Wildman–Crippen LogP) is 2.93. The molecule has 1 saturated heterocycles. The third-order valence-electron chi connectivity index (χ3n) is 5.20. The predicted molar refractivity (Wildman–Crippen MR) is 91.6 cm³/mol. The number of hydrogen-bond donors (Lipinski definition) is 0. The van der Waals surface area contributed by atoms with Gasteiger partial charge in [0.1, 0.15) is 11.5 Å². The van der Waals surface area contributed by atoms with E-state index >= 15 is 0 Å². The molecule has 0 bridgehead atoms. The number of nitrogens with zero attached hydrogens (tertiary/aromatic N) is 3. The lowest BCUT2D eigenvalue weighted by Gasteiger charge is -2.27. The molecule has 2 atom stereocenters. The van der Waals surface area contributed by atoms with Crippen molar-refractivity contribution in [2.24, 2.45) is 13.0 Å². The first-order chi connectivity index (χ1) is 11.7. The summed E-state index contributed by atoms with van der Waals surface area (Å²) in [5.74, 6) is 2.84. The van der Waals surface area contributed by atoms with Crippen molar-refractivity contribution < 1.29 is 9.15 Å². The highest BCUT2D eigenvalue weighted by Crippen LogP contribution is 2.32. The quantitative estimate of drug-likeness (QED) is 0.783. The number of aryl methyl sites for hydroxylation is 2. The number of hydrogen-bond acceptors (Lipinski definition) is 4. The fraction of sp³-hybridized carbons (Fsp3) is 0.632. The molecule has 1 aliphatic heterocycles. The smallest absolute Gasteiger partial charge is 0.118 e. The van der Waals surface area contributed by atoms with Gasteiger partial charge < -0.3 is 9.15 Å². The normalized spacial score (nSPS) is 24.8. The van der Waals surface area contributed by atoms with Crippen molar-refractivity contribution in [2.75, 3.05) is 13.2 Å². The zero-order chi connectivity index (χ0) is 16.5. The summed E-state index contributed by atoms with van der Waals surface area (Å²) in [7, 11) is 1.97. The molecule has 0 N–H and O–H groups in total. The Morgan fingerprint density at radius 2 is 2.17 bits per heavy atom. The number of furan rings is 1. The molecule has 0 amide bonds. The molecule has 24 heavy (non-hydrogen) atoms. The average Bonchev–Trinajstić information content (AvgIpc) is 2.98. The minimum Gasteiger partial charge on any atom is -0.465 e. The number of aromatic nitrogens is 2. The second kappa shape index (κ2) is 6.73. The van der Waals surface area contributed by atoms with Gasteiger partial charge in [-0.25, -0.2) is 0 Å². The Morgan fingerprint density at radius 3 is 2.83 bits per heavy atom. The van der Waals surface area contributed by atoms with Crippen LogP contribution in [0.25, 0.3) is 0 Å². The molecule has 1 aliphatic carbocycles. The van der Waals surface area contributed by atoms with Crippen molar-refractivity contribution in [2.45, 2.75) is 51.3 Å². The maximum atomic E-state index is 6.29. The van der Waals surface area contributed by atoms with E-state index in [1.807, 2.05) is 30.9 Å². The Hall–Kier alpha value is -1.59. The summed E-state index contributed by atoms with van der Waals surface area (Å²) in [5.41, 5.74) is 1.28. The van der Waals surface area contributed by atoms with Gasteiger partial charge in [-0.15, -0.1) is 0 Å². The van der Waals surface area contributed by atoms with Crippen LogP contribution < -0.4 is 0 Å². The van der Waals surface area contributed by atoms with E-state index in [2.05, 4.69) is 22.3 Å². The summed E-state index contributed by atoms with van der Waals surface area (Å²) in [6.45, 7) is 4.87. The molecule has 2 aromatic rings. The minimum atomic E-state index is 0.321. The van der Waals surface area contributed by atoms with Crippen LogP contribution in [0.1, 0.15) is 36.3 Å². The lowest BCUT2D eigenvalue weighted by molar-refractivity contribution is 0.0187. The van der Waals surface area contributed by atoms with Gasteiger partial charge in [0.25, 0.3) is 0 Å². The maximum Gasteiger partial charge on any atom is 0.118 e. The zero-order valence-electron chi connectivity index (χ0n) is 14.6. The van der Waals surface area contributed by atoms with Crippen LogP contribution in [-0.2, 0) is 24.8 Å².